The molecule has 0 fully saturated rings. The van der Waals surface area contributed by atoms with Crippen LogP contribution in [0.4, 0.5) is 0 Å². The second-order valence-electron chi connectivity index (χ2n) is 3.32. The highest BCUT2D eigenvalue weighted by Gasteiger charge is 2.14. The zero-order valence-corrected chi connectivity index (χ0v) is 10.3. The molecule has 3 nitrogen and oxygen atoms in total. The van der Waals surface area contributed by atoms with Crippen LogP contribution in [0.15, 0.2) is 10.9 Å². The number of thioether (sulfide) groups is 1. The number of hydrogen-bond acceptors (Lipinski definition) is 5. The van der Waals surface area contributed by atoms with E-state index < -0.39 is 0 Å². The number of thiazole rings is 1. The van der Waals surface area contributed by atoms with Crippen molar-refractivity contribution >= 4 is 23.1 Å². The fraction of sp³-hybridized carbons (Fsp3) is 0.667. The third kappa shape index (κ3) is 3.96. The Labute approximate surface area is 93.7 Å². The third-order valence-corrected chi connectivity index (χ3v) is 3.62. The highest BCUT2D eigenvalue weighted by Crippen LogP contribution is 2.28. The minimum absolute atomic E-state index is 0.458. The minimum atomic E-state index is 0.458. The van der Waals surface area contributed by atoms with Gasteiger partial charge in [0, 0.05) is 24.2 Å². The van der Waals surface area contributed by atoms with Gasteiger partial charge in [0.25, 0.3) is 0 Å². The van der Waals surface area contributed by atoms with Crippen molar-refractivity contribution in [3.05, 3.63) is 16.6 Å². The maximum Gasteiger partial charge on any atom is 0.0795 e. The van der Waals surface area contributed by atoms with E-state index in [-0.39, 0.29) is 0 Å². The molecule has 0 spiro atoms. The molecule has 0 aliphatic heterocycles. The maximum atomic E-state index is 5.51. The normalized spacial score (nSPS) is 13.4. The Hall–Kier alpha value is -0.100. The molecule has 1 atom stereocenters. The van der Waals surface area contributed by atoms with E-state index in [4.69, 9.17) is 5.73 Å². The lowest BCUT2D eigenvalue weighted by atomic mass is 10.3. The number of nitrogens with zero attached hydrogens (tertiary/aromatic N) is 2. The van der Waals surface area contributed by atoms with Gasteiger partial charge in [0.15, 0.2) is 0 Å². The molecule has 80 valence electrons. The first-order valence-electron chi connectivity index (χ1n) is 4.58. The van der Waals surface area contributed by atoms with Crippen LogP contribution in [-0.4, -0.2) is 42.8 Å². The second-order valence-corrected chi connectivity index (χ2v) is 5.35. The average molecular weight is 231 g/mol. The molecule has 14 heavy (non-hydrogen) atoms. The van der Waals surface area contributed by atoms with Crippen molar-refractivity contribution in [2.75, 3.05) is 32.9 Å². The Morgan fingerprint density at radius 1 is 1.64 bits per heavy atom. The minimum Gasteiger partial charge on any atom is -0.330 e. The largest absolute Gasteiger partial charge is 0.330 e. The molecule has 0 saturated heterocycles. The quantitative estimate of drug-likeness (QED) is 0.804. The van der Waals surface area contributed by atoms with E-state index in [0.29, 0.717) is 5.25 Å². The molecule has 0 saturated carbocycles. The van der Waals surface area contributed by atoms with Crippen molar-refractivity contribution < 1.29 is 0 Å². The van der Waals surface area contributed by atoms with E-state index in [1.165, 1.54) is 5.69 Å². The van der Waals surface area contributed by atoms with Crippen molar-refractivity contribution in [3.8, 4) is 0 Å². The highest BCUT2D eigenvalue weighted by atomic mass is 32.2. The van der Waals surface area contributed by atoms with Crippen LogP contribution in [0.25, 0.3) is 0 Å². The SMILES string of the molecule is CN(C)CC(SCCN)c1cscn1. The summed E-state index contributed by atoms with van der Waals surface area (Å²) in [6.45, 7) is 1.76. The third-order valence-electron chi connectivity index (χ3n) is 1.75. The molecule has 5 heteroatoms. The lowest BCUT2D eigenvalue weighted by Gasteiger charge is -2.18. The topological polar surface area (TPSA) is 42.1 Å². The fourth-order valence-electron chi connectivity index (χ4n) is 1.15. The van der Waals surface area contributed by atoms with Gasteiger partial charge in [-0.3, -0.25) is 0 Å². The molecule has 1 rings (SSSR count). The lowest BCUT2D eigenvalue weighted by molar-refractivity contribution is 0.408. The molecule has 0 aliphatic carbocycles. The maximum absolute atomic E-state index is 5.51. The number of aromatic nitrogens is 1. The summed E-state index contributed by atoms with van der Waals surface area (Å²) in [6.07, 6.45) is 0. The molecular formula is C9H17N3S2. The molecule has 1 aromatic heterocycles. The zero-order chi connectivity index (χ0) is 10.4. The number of rotatable bonds is 6. The summed E-state index contributed by atoms with van der Waals surface area (Å²) in [5.41, 5.74) is 8.58. The van der Waals surface area contributed by atoms with Gasteiger partial charge in [0.1, 0.15) is 0 Å². The monoisotopic (exact) mass is 231 g/mol. The summed E-state index contributed by atoms with van der Waals surface area (Å²) in [5, 5.41) is 2.58. The van der Waals surface area contributed by atoms with Gasteiger partial charge in [0.2, 0.25) is 0 Å². The number of likely N-dealkylation sites (N-methyl/N-ethyl adjacent to an activating group) is 1. The van der Waals surface area contributed by atoms with E-state index in [9.17, 15) is 0 Å². The van der Waals surface area contributed by atoms with E-state index >= 15 is 0 Å². The average Bonchev–Trinajstić information content (AvgIpc) is 2.64. The summed E-state index contributed by atoms with van der Waals surface area (Å²) in [5.74, 6) is 0.996. The molecule has 1 aromatic rings. The number of nitrogens with two attached hydrogens (primary N) is 1. The summed E-state index contributed by atoms with van der Waals surface area (Å²) in [7, 11) is 4.17. The van der Waals surface area contributed by atoms with E-state index in [2.05, 4.69) is 29.4 Å². The molecule has 0 radical (unpaired) electrons. The van der Waals surface area contributed by atoms with Crippen molar-refractivity contribution in [1.29, 1.82) is 0 Å². The Kier molecular flexibility index (Phi) is 5.47. The van der Waals surface area contributed by atoms with Gasteiger partial charge >= 0.3 is 0 Å². The van der Waals surface area contributed by atoms with Crippen molar-refractivity contribution in [2.24, 2.45) is 5.73 Å². The molecule has 0 amide bonds. The van der Waals surface area contributed by atoms with Gasteiger partial charge in [-0.15, -0.1) is 23.1 Å². The molecular weight excluding hydrogens is 214 g/mol. The van der Waals surface area contributed by atoms with E-state index in [0.717, 1.165) is 18.8 Å². The van der Waals surface area contributed by atoms with Crippen LogP contribution in [0.3, 0.4) is 0 Å². The van der Waals surface area contributed by atoms with Gasteiger partial charge in [-0.2, -0.15) is 0 Å². The molecule has 1 unspecified atom stereocenters. The van der Waals surface area contributed by atoms with Gasteiger partial charge in [-0.05, 0) is 14.1 Å². The van der Waals surface area contributed by atoms with Crippen LogP contribution in [0.5, 0.6) is 0 Å². The smallest absolute Gasteiger partial charge is 0.0795 e. The summed E-state index contributed by atoms with van der Waals surface area (Å²) >= 11 is 3.54. The van der Waals surface area contributed by atoms with E-state index in [1.807, 2.05) is 17.3 Å². The Balaban J connectivity index is 2.53. The predicted octanol–water partition coefficient (Wildman–Crippen LogP) is 1.44. The van der Waals surface area contributed by atoms with E-state index in [1.54, 1.807) is 11.3 Å². The van der Waals surface area contributed by atoms with Gasteiger partial charge in [-0.25, -0.2) is 4.98 Å². The van der Waals surface area contributed by atoms with Gasteiger partial charge in [-0.1, -0.05) is 0 Å². The second kappa shape index (κ2) is 6.40. The van der Waals surface area contributed by atoms with Crippen LogP contribution in [0.1, 0.15) is 10.9 Å². The molecule has 0 aromatic carbocycles. The summed E-state index contributed by atoms with van der Waals surface area (Å²) < 4.78 is 0. The van der Waals surface area contributed by atoms with Gasteiger partial charge < -0.3 is 10.6 Å². The molecule has 0 aliphatic rings. The predicted molar refractivity (Wildman–Crippen MR) is 64.9 cm³/mol. The first kappa shape index (κ1) is 12.0. The van der Waals surface area contributed by atoms with Crippen molar-refractivity contribution in [3.63, 3.8) is 0 Å². The van der Waals surface area contributed by atoms with Gasteiger partial charge in [0.05, 0.1) is 16.5 Å². The number of hydrogen-bond donors (Lipinski definition) is 1. The zero-order valence-electron chi connectivity index (χ0n) is 8.64. The standard InChI is InChI=1S/C9H17N3S2/c1-12(2)5-9(14-4-3-10)8-6-13-7-11-8/h6-7,9H,3-5,10H2,1-2H3. The van der Waals surface area contributed by atoms with Crippen LogP contribution in [0.2, 0.25) is 0 Å². The Morgan fingerprint density at radius 2 is 2.43 bits per heavy atom. The van der Waals surface area contributed by atoms with Crippen LogP contribution in [-0.2, 0) is 0 Å². The van der Waals surface area contributed by atoms with Crippen LogP contribution < -0.4 is 5.73 Å². The lowest BCUT2D eigenvalue weighted by Crippen LogP contribution is -2.19. The van der Waals surface area contributed by atoms with Crippen molar-refractivity contribution in [1.82, 2.24) is 9.88 Å². The molecule has 2 N–H and O–H groups in total. The van der Waals surface area contributed by atoms with Crippen LogP contribution >= 0.6 is 23.1 Å². The Morgan fingerprint density at radius 3 is 2.93 bits per heavy atom. The molecule has 0 bridgehead atoms. The Bertz CT molecular complexity index is 236. The first-order valence-corrected chi connectivity index (χ1v) is 6.57. The fourth-order valence-corrected chi connectivity index (χ4v) is 2.97. The first-order chi connectivity index (χ1) is 6.74. The van der Waals surface area contributed by atoms with Crippen LogP contribution in [0, 0.1) is 0 Å². The summed E-state index contributed by atoms with van der Waals surface area (Å²) in [4.78, 5) is 6.54. The highest BCUT2D eigenvalue weighted by molar-refractivity contribution is 7.99. The van der Waals surface area contributed by atoms with Crippen molar-refractivity contribution in [2.45, 2.75) is 5.25 Å². The molecule has 1 heterocycles. The summed E-state index contributed by atoms with van der Waals surface area (Å²) in [6, 6.07) is 0.